The van der Waals surface area contributed by atoms with Crippen LogP contribution in [0.2, 0.25) is 0 Å². The smallest absolute Gasteiger partial charge is 0.305 e. The summed E-state index contributed by atoms with van der Waals surface area (Å²) in [6.07, 6.45) is 14.0. The Balaban J connectivity index is 2.25. The minimum Gasteiger partial charge on any atom is -0.481 e. The number of unbranched alkanes of at least 4 members (excludes halogenated alkanes) is 7. The zero-order valence-corrected chi connectivity index (χ0v) is 13.8. The van der Waals surface area contributed by atoms with Crippen LogP contribution in [0.3, 0.4) is 0 Å². The second-order valence-electron chi connectivity index (χ2n) is 5.81. The van der Waals surface area contributed by atoms with Crippen molar-refractivity contribution in [3.05, 3.63) is 24.5 Å². The van der Waals surface area contributed by atoms with Gasteiger partial charge in [-0.2, -0.15) is 0 Å². The SMILES string of the molecule is CCCCCCCCCCN(CCC(=O)O)c1ccncc1. The molecule has 1 heterocycles. The average Bonchev–Trinajstić information content (AvgIpc) is 2.53. The monoisotopic (exact) mass is 306 g/mol. The molecule has 4 heteroatoms. The van der Waals surface area contributed by atoms with Gasteiger partial charge < -0.3 is 10.0 Å². The molecule has 0 aromatic carbocycles. The molecular formula is C18H30N2O2. The summed E-state index contributed by atoms with van der Waals surface area (Å²) in [5, 5.41) is 8.88. The molecule has 0 atom stereocenters. The molecule has 0 unspecified atom stereocenters. The number of hydrogen-bond acceptors (Lipinski definition) is 3. The molecule has 0 saturated carbocycles. The van der Waals surface area contributed by atoms with Gasteiger partial charge >= 0.3 is 5.97 Å². The zero-order valence-electron chi connectivity index (χ0n) is 13.8. The number of aliphatic carboxylic acids is 1. The van der Waals surface area contributed by atoms with Crippen molar-refractivity contribution in [1.82, 2.24) is 4.98 Å². The Morgan fingerprint density at radius 2 is 1.59 bits per heavy atom. The van der Waals surface area contributed by atoms with Crippen LogP contribution in [0, 0.1) is 0 Å². The number of carboxylic acid groups (broad SMARTS) is 1. The van der Waals surface area contributed by atoms with Gasteiger partial charge in [0.25, 0.3) is 0 Å². The van der Waals surface area contributed by atoms with Crippen LogP contribution in [0.1, 0.15) is 64.7 Å². The Hall–Kier alpha value is -1.58. The van der Waals surface area contributed by atoms with Crippen LogP contribution in [0.4, 0.5) is 5.69 Å². The third kappa shape index (κ3) is 8.65. The summed E-state index contributed by atoms with van der Waals surface area (Å²) in [6.45, 7) is 3.73. The van der Waals surface area contributed by atoms with Crippen LogP contribution in [-0.4, -0.2) is 29.1 Å². The lowest BCUT2D eigenvalue weighted by atomic mass is 10.1. The Bertz CT molecular complexity index is 395. The van der Waals surface area contributed by atoms with Gasteiger partial charge in [-0.3, -0.25) is 9.78 Å². The molecular weight excluding hydrogens is 276 g/mol. The van der Waals surface area contributed by atoms with Crippen LogP contribution in [0.25, 0.3) is 0 Å². The predicted molar refractivity (Wildman–Crippen MR) is 91.3 cm³/mol. The van der Waals surface area contributed by atoms with Crippen molar-refractivity contribution in [3.63, 3.8) is 0 Å². The van der Waals surface area contributed by atoms with E-state index < -0.39 is 5.97 Å². The first-order valence-electron chi connectivity index (χ1n) is 8.60. The molecule has 124 valence electrons. The third-order valence-electron chi connectivity index (χ3n) is 3.91. The molecule has 0 amide bonds. The molecule has 1 N–H and O–H groups in total. The molecule has 1 rings (SSSR count). The van der Waals surface area contributed by atoms with E-state index in [0.29, 0.717) is 6.54 Å². The highest BCUT2D eigenvalue weighted by Gasteiger charge is 2.08. The summed E-state index contributed by atoms with van der Waals surface area (Å²) >= 11 is 0. The topological polar surface area (TPSA) is 53.4 Å². The van der Waals surface area contributed by atoms with Crippen LogP contribution < -0.4 is 4.90 Å². The van der Waals surface area contributed by atoms with Gasteiger partial charge in [-0.25, -0.2) is 0 Å². The Kier molecular flexibility index (Phi) is 10.1. The van der Waals surface area contributed by atoms with Gasteiger partial charge in [-0.1, -0.05) is 51.9 Å². The fraction of sp³-hybridized carbons (Fsp3) is 0.667. The fourth-order valence-corrected chi connectivity index (χ4v) is 2.59. The summed E-state index contributed by atoms with van der Waals surface area (Å²) in [6, 6.07) is 3.90. The molecule has 1 aromatic rings. The van der Waals surface area contributed by atoms with Crippen molar-refractivity contribution in [2.45, 2.75) is 64.7 Å². The number of aromatic nitrogens is 1. The number of carbonyl (C=O) groups is 1. The lowest BCUT2D eigenvalue weighted by molar-refractivity contribution is -0.136. The first-order chi connectivity index (χ1) is 10.7. The normalized spacial score (nSPS) is 10.6. The van der Waals surface area contributed by atoms with E-state index in [2.05, 4.69) is 16.8 Å². The van der Waals surface area contributed by atoms with Crippen LogP contribution in [-0.2, 0) is 4.79 Å². The molecule has 0 bridgehead atoms. The molecule has 1 aromatic heterocycles. The minimum atomic E-state index is -0.741. The third-order valence-corrected chi connectivity index (χ3v) is 3.91. The summed E-state index contributed by atoms with van der Waals surface area (Å²) in [5.41, 5.74) is 1.07. The molecule has 22 heavy (non-hydrogen) atoms. The number of anilines is 1. The average molecular weight is 306 g/mol. The maximum absolute atomic E-state index is 10.8. The van der Waals surface area contributed by atoms with Crippen molar-refractivity contribution in [2.75, 3.05) is 18.0 Å². The van der Waals surface area contributed by atoms with Gasteiger partial charge in [0.15, 0.2) is 0 Å². The lowest BCUT2D eigenvalue weighted by Crippen LogP contribution is -2.27. The van der Waals surface area contributed by atoms with Gasteiger partial charge in [0, 0.05) is 31.2 Å². The number of pyridine rings is 1. The van der Waals surface area contributed by atoms with Crippen LogP contribution in [0.5, 0.6) is 0 Å². The Morgan fingerprint density at radius 3 is 2.18 bits per heavy atom. The van der Waals surface area contributed by atoms with E-state index in [0.717, 1.165) is 18.7 Å². The minimum absolute atomic E-state index is 0.180. The number of hydrogen-bond donors (Lipinski definition) is 1. The second-order valence-corrected chi connectivity index (χ2v) is 5.81. The molecule has 0 aliphatic heterocycles. The van der Waals surface area contributed by atoms with E-state index in [9.17, 15) is 4.79 Å². The maximum atomic E-state index is 10.8. The van der Waals surface area contributed by atoms with Crippen LogP contribution >= 0.6 is 0 Å². The van der Waals surface area contributed by atoms with Crippen molar-refractivity contribution in [1.29, 1.82) is 0 Å². The number of rotatable bonds is 13. The zero-order chi connectivity index (χ0) is 16.0. The van der Waals surface area contributed by atoms with E-state index >= 15 is 0 Å². The first-order valence-corrected chi connectivity index (χ1v) is 8.60. The summed E-state index contributed by atoms with van der Waals surface area (Å²) in [5.74, 6) is -0.741. The van der Waals surface area contributed by atoms with Gasteiger partial charge in [0.1, 0.15) is 0 Å². The molecule has 0 radical (unpaired) electrons. The maximum Gasteiger partial charge on any atom is 0.305 e. The quantitative estimate of drug-likeness (QED) is 0.545. The molecule has 0 aliphatic rings. The van der Waals surface area contributed by atoms with Crippen molar-refractivity contribution in [3.8, 4) is 0 Å². The summed E-state index contributed by atoms with van der Waals surface area (Å²) < 4.78 is 0. The lowest BCUT2D eigenvalue weighted by Gasteiger charge is -2.24. The van der Waals surface area contributed by atoms with Gasteiger partial charge in [-0.05, 0) is 18.6 Å². The van der Waals surface area contributed by atoms with Crippen LogP contribution in [0.15, 0.2) is 24.5 Å². The number of nitrogens with zero attached hydrogens (tertiary/aromatic N) is 2. The number of carboxylic acids is 1. The Morgan fingerprint density at radius 1 is 1.00 bits per heavy atom. The standard InChI is InChI=1S/C18H30N2O2/c1-2-3-4-5-6-7-8-9-15-20(16-12-18(21)22)17-10-13-19-14-11-17/h10-11,13-14H,2-9,12,15-16H2,1H3,(H,21,22). The summed E-state index contributed by atoms with van der Waals surface area (Å²) in [7, 11) is 0. The summed E-state index contributed by atoms with van der Waals surface area (Å²) in [4.78, 5) is 17.0. The van der Waals surface area contributed by atoms with Gasteiger partial charge in [-0.15, -0.1) is 0 Å². The van der Waals surface area contributed by atoms with E-state index in [-0.39, 0.29) is 6.42 Å². The molecule has 4 nitrogen and oxygen atoms in total. The molecule has 0 saturated heterocycles. The van der Waals surface area contributed by atoms with Gasteiger partial charge in [0.05, 0.1) is 6.42 Å². The largest absolute Gasteiger partial charge is 0.481 e. The van der Waals surface area contributed by atoms with E-state index in [1.54, 1.807) is 12.4 Å². The van der Waals surface area contributed by atoms with E-state index in [1.165, 1.54) is 44.9 Å². The fourth-order valence-electron chi connectivity index (χ4n) is 2.59. The van der Waals surface area contributed by atoms with Gasteiger partial charge in [0.2, 0.25) is 0 Å². The molecule has 0 aliphatic carbocycles. The molecule has 0 fully saturated rings. The highest BCUT2D eigenvalue weighted by atomic mass is 16.4. The van der Waals surface area contributed by atoms with E-state index in [1.807, 2.05) is 12.1 Å². The van der Waals surface area contributed by atoms with E-state index in [4.69, 9.17) is 5.11 Å². The highest BCUT2D eigenvalue weighted by molar-refractivity contribution is 5.67. The van der Waals surface area contributed by atoms with Crippen molar-refractivity contribution in [2.24, 2.45) is 0 Å². The highest BCUT2D eigenvalue weighted by Crippen LogP contribution is 2.15. The van der Waals surface area contributed by atoms with Crippen molar-refractivity contribution >= 4 is 11.7 Å². The Labute approximate surface area is 134 Å². The second kappa shape index (κ2) is 12.0. The molecule has 0 spiro atoms. The predicted octanol–water partition coefficient (Wildman–Crippen LogP) is 4.50. The first kappa shape index (κ1) is 18.5. The van der Waals surface area contributed by atoms with Crippen molar-refractivity contribution < 1.29 is 9.90 Å².